The van der Waals surface area contributed by atoms with Crippen LogP contribution < -0.4 is 0 Å². The van der Waals surface area contributed by atoms with E-state index in [2.05, 4.69) is 6.58 Å². The summed E-state index contributed by atoms with van der Waals surface area (Å²) in [5, 5.41) is 0. The average Bonchev–Trinajstić information content (AvgIpc) is 2.22. The Kier molecular flexibility index (Phi) is 7.14. The molecule has 0 aromatic heterocycles. The number of hydrogen-bond donors (Lipinski definition) is 0. The Morgan fingerprint density at radius 3 is 2.73 bits per heavy atom. The van der Waals surface area contributed by atoms with Gasteiger partial charge in [-0.25, -0.2) is 0 Å². The van der Waals surface area contributed by atoms with Gasteiger partial charge >= 0.3 is 5.97 Å². The highest BCUT2D eigenvalue weighted by molar-refractivity contribution is 5.68. The maximum atomic E-state index is 10.8. The highest BCUT2D eigenvalue weighted by Crippen LogP contribution is 2.03. The van der Waals surface area contributed by atoms with Gasteiger partial charge in [-0.1, -0.05) is 13.5 Å². The van der Waals surface area contributed by atoms with Gasteiger partial charge in [0.05, 0.1) is 6.26 Å². The van der Waals surface area contributed by atoms with Crippen LogP contribution in [-0.2, 0) is 19.0 Å². The number of ether oxygens (including phenoxy) is 3. The zero-order valence-corrected chi connectivity index (χ0v) is 9.49. The van der Waals surface area contributed by atoms with Gasteiger partial charge in [-0.3, -0.25) is 4.79 Å². The SMILES string of the molecule is C=COC=C(C)OC(C)COC(=O)CC. The lowest BCUT2D eigenvalue weighted by atomic mass is 10.4. The van der Waals surface area contributed by atoms with E-state index in [-0.39, 0.29) is 18.7 Å². The van der Waals surface area contributed by atoms with Crippen LogP contribution >= 0.6 is 0 Å². The molecule has 86 valence electrons. The molecule has 0 aliphatic rings. The Morgan fingerprint density at radius 1 is 1.53 bits per heavy atom. The third-order valence-electron chi connectivity index (χ3n) is 1.49. The van der Waals surface area contributed by atoms with Crippen molar-refractivity contribution in [2.45, 2.75) is 33.3 Å². The predicted octanol–water partition coefficient (Wildman–Crippen LogP) is 2.37. The molecular formula is C11H18O4. The summed E-state index contributed by atoms with van der Waals surface area (Å²) in [6, 6.07) is 0. The van der Waals surface area contributed by atoms with Gasteiger partial charge in [-0.2, -0.15) is 0 Å². The molecule has 0 amide bonds. The van der Waals surface area contributed by atoms with Crippen molar-refractivity contribution in [1.29, 1.82) is 0 Å². The van der Waals surface area contributed by atoms with Crippen LogP contribution in [0.1, 0.15) is 27.2 Å². The van der Waals surface area contributed by atoms with Crippen LogP contribution in [-0.4, -0.2) is 18.7 Å². The third-order valence-corrected chi connectivity index (χ3v) is 1.49. The first-order valence-electron chi connectivity index (χ1n) is 4.85. The molecule has 1 atom stereocenters. The molecule has 0 aromatic rings. The number of allylic oxidation sites excluding steroid dienone is 1. The summed E-state index contributed by atoms with van der Waals surface area (Å²) < 4.78 is 15.1. The predicted molar refractivity (Wildman–Crippen MR) is 56.8 cm³/mol. The third kappa shape index (κ3) is 7.61. The van der Waals surface area contributed by atoms with Crippen molar-refractivity contribution in [3.8, 4) is 0 Å². The Hall–Kier alpha value is -1.45. The summed E-state index contributed by atoms with van der Waals surface area (Å²) in [4.78, 5) is 10.8. The molecule has 0 bridgehead atoms. The second kappa shape index (κ2) is 7.91. The van der Waals surface area contributed by atoms with Crippen molar-refractivity contribution in [2.24, 2.45) is 0 Å². The van der Waals surface area contributed by atoms with E-state index in [1.165, 1.54) is 12.5 Å². The lowest BCUT2D eigenvalue weighted by Gasteiger charge is -2.14. The van der Waals surface area contributed by atoms with Crippen molar-refractivity contribution in [3.63, 3.8) is 0 Å². The summed E-state index contributed by atoms with van der Waals surface area (Å²) in [5.74, 6) is 0.379. The zero-order chi connectivity index (χ0) is 11.7. The fourth-order valence-corrected chi connectivity index (χ4v) is 0.835. The van der Waals surface area contributed by atoms with Gasteiger partial charge in [0.1, 0.15) is 24.7 Å². The highest BCUT2D eigenvalue weighted by atomic mass is 16.6. The van der Waals surface area contributed by atoms with Crippen molar-refractivity contribution >= 4 is 5.97 Å². The first-order valence-corrected chi connectivity index (χ1v) is 4.85. The lowest BCUT2D eigenvalue weighted by molar-refractivity contribution is -0.146. The zero-order valence-electron chi connectivity index (χ0n) is 9.49. The molecule has 0 N–H and O–H groups in total. The van der Waals surface area contributed by atoms with Crippen LogP contribution in [0.15, 0.2) is 24.9 Å². The molecule has 0 fully saturated rings. The molecule has 15 heavy (non-hydrogen) atoms. The minimum atomic E-state index is -0.227. The molecule has 1 unspecified atom stereocenters. The summed E-state index contributed by atoms with van der Waals surface area (Å²) in [6.45, 7) is 8.94. The van der Waals surface area contributed by atoms with Gasteiger partial charge in [-0.05, 0) is 13.8 Å². The molecule has 4 heteroatoms. The quantitative estimate of drug-likeness (QED) is 0.482. The topological polar surface area (TPSA) is 44.8 Å². The van der Waals surface area contributed by atoms with Crippen molar-refractivity contribution in [1.82, 2.24) is 0 Å². The van der Waals surface area contributed by atoms with Gasteiger partial charge in [0, 0.05) is 6.42 Å². The van der Waals surface area contributed by atoms with Crippen LogP contribution in [0, 0.1) is 0 Å². The average molecular weight is 214 g/mol. The molecule has 0 radical (unpaired) electrons. The normalized spacial score (nSPS) is 12.9. The van der Waals surface area contributed by atoms with Crippen molar-refractivity contribution in [3.05, 3.63) is 24.9 Å². The molecule has 0 saturated heterocycles. The van der Waals surface area contributed by atoms with Gasteiger partial charge in [-0.15, -0.1) is 0 Å². The summed E-state index contributed by atoms with van der Waals surface area (Å²) in [5.41, 5.74) is 0. The first-order chi connectivity index (χ1) is 7.10. The molecule has 4 nitrogen and oxygen atoms in total. The van der Waals surface area contributed by atoms with Crippen LogP contribution in [0.5, 0.6) is 0 Å². The maximum absolute atomic E-state index is 10.8. The second-order valence-electron chi connectivity index (χ2n) is 3.00. The minimum absolute atomic E-state index is 0.190. The monoisotopic (exact) mass is 214 g/mol. The van der Waals surface area contributed by atoms with E-state index in [1.54, 1.807) is 13.8 Å². The van der Waals surface area contributed by atoms with E-state index >= 15 is 0 Å². The van der Waals surface area contributed by atoms with Gasteiger partial charge in [0.15, 0.2) is 0 Å². The largest absolute Gasteiger partial charge is 0.489 e. The van der Waals surface area contributed by atoms with Gasteiger partial charge < -0.3 is 14.2 Å². The van der Waals surface area contributed by atoms with Gasteiger partial charge in [0.25, 0.3) is 0 Å². The van der Waals surface area contributed by atoms with E-state index < -0.39 is 0 Å². The van der Waals surface area contributed by atoms with Crippen LogP contribution in [0.4, 0.5) is 0 Å². The number of carbonyl (C=O) groups is 1. The van der Waals surface area contributed by atoms with Gasteiger partial charge in [0.2, 0.25) is 0 Å². The minimum Gasteiger partial charge on any atom is -0.489 e. The van der Waals surface area contributed by atoms with E-state index in [9.17, 15) is 4.79 Å². The number of rotatable bonds is 7. The molecule has 0 rings (SSSR count). The number of carbonyl (C=O) groups excluding carboxylic acids is 1. The fourth-order valence-electron chi connectivity index (χ4n) is 0.835. The highest BCUT2D eigenvalue weighted by Gasteiger charge is 2.06. The summed E-state index contributed by atoms with van der Waals surface area (Å²) in [6.07, 6.45) is 2.92. The summed E-state index contributed by atoms with van der Waals surface area (Å²) >= 11 is 0. The van der Waals surface area contributed by atoms with E-state index in [0.29, 0.717) is 12.2 Å². The first kappa shape index (κ1) is 13.5. The Balaban J connectivity index is 3.77. The standard InChI is InChI=1S/C11H18O4/c1-5-11(12)14-8-10(4)15-9(3)7-13-6-2/h6-7,10H,2,5,8H2,1,3-4H3. The smallest absolute Gasteiger partial charge is 0.305 e. The van der Waals surface area contributed by atoms with Crippen LogP contribution in [0.2, 0.25) is 0 Å². The molecule has 0 heterocycles. The lowest BCUT2D eigenvalue weighted by Crippen LogP contribution is -2.18. The van der Waals surface area contributed by atoms with Crippen LogP contribution in [0.3, 0.4) is 0 Å². The molecule has 0 aliphatic carbocycles. The summed E-state index contributed by atoms with van der Waals surface area (Å²) in [7, 11) is 0. The molecule has 0 saturated carbocycles. The van der Waals surface area contributed by atoms with Crippen molar-refractivity contribution < 1.29 is 19.0 Å². The number of esters is 1. The molecule has 0 spiro atoms. The van der Waals surface area contributed by atoms with E-state index in [0.717, 1.165) is 0 Å². The van der Waals surface area contributed by atoms with E-state index in [1.807, 2.05) is 6.92 Å². The van der Waals surface area contributed by atoms with Crippen LogP contribution in [0.25, 0.3) is 0 Å². The van der Waals surface area contributed by atoms with E-state index in [4.69, 9.17) is 14.2 Å². The maximum Gasteiger partial charge on any atom is 0.305 e. The number of hydrogen-bond acceptors (Lipinski definition) is 4. The Morgan fingerprint density at radius 2 is 2.20 bits per heavy atom. The van der Waals surface area contributed by atoms with Crippen molar-refractivity contribution in [2.75, 3.05) is 6.61 Å². The fraction of sp³-hybridized carbons (Fsp3) is 0.545. The molecule has 0 aliphatic heterocycles. The second-order valence-corrected chi connectivity index (χ2v) is 3.00. The molecule has 0 aromatic carbocycles. The molecular weight excluding hydrogens is 196 g/mol. The Bertz CT molecular complexity index is 233. The Labute approximate surface area is 90.5 Å².